The molecule has 9 heteroatoms. The number of aryl methyl sites for hydroxylation is 2. The first-order valence-electron chi connectivity index (χ1n) is 12.4. The molecule has 1 amide bonds. The van der Waals surface area contributed by atoms with Crippen LogP contribution in [-0.4, -0.2) is 58.1 Å². The summed E-state index contributed by atoms with van der Waals surface area (Å²) in [6, 6.07) is 5.51. The lowest BCUT2D eigenvalue weighted by molar-refractivity contribution is -0.132. The van der Waals surface area contributed by atoms with E-state index in [-0.39, 0.29) is 12.6 Å². The second-order valence-electron chi connectivity index (χ2n) is 9.01. The Bertz CT molecular complexity index is 1170. The zero-order valence-electron chi connectivity index (χ0n) is 22.0. The Morgan fingerprint density at radius 2 is 1.86 bits per heavy atom. The number of unbranched alkanes of at least 4 members (excludes halogenated alkanes) is 1. The summed E-state index contributed by atoms with van der Waals surface area (Å²) in [4.78, 5) is 34.5. The maximum Gasteiger partial charge on any atom is 0.231 e. The zero-order chi connectivity index (χ0) is 26.2. The van der Waals surface area contributed by atoms with Crippen LogP contribution in [0.5, 0.6) is 0 Å². The van der Waals surface area contributed by atoms with Crippen LogP contribution in [-0.2, 0) is 11.2 Å². The molecule has 0 fully saturated rings. The maximum absolute atomic E-state index is 14.6. The van der Waals surface area contributed by atoms with Crippen molar-refractivity contribution in [2.45, 2.75) is 52.9 Å². The van der Waals surface area contributed by atoms with Gasteiger partial charge in [0.05, 0.1) is 24.5 Å². The van der Waals surface area contributed by atoms with Gasteiger partial charge < -0.3 is 15.1 Å². The first kappa shape index (κ1) is 27.0. The third-order valence-electron chi connectivity index (χ3n) is 6.19. The number of anilines is 2. The number of carbonyl (C=O) groups excluding carboxylic acids is 1. The zero-order valence-corrected chi connectivity index (χ0v) is 22.0. The molecule has 0 aliphatic rings. The number of carbonyl (C=O) groups is 1. The van der Waals surface area contributed by atoms with E-state index in [1.54, 1.807) is 41.2 Å². The van der Waals surface area contributed by atoms with Crippen LogP contribution in [0.4, 0.5) is 16.0 Å². The molecule has 0 unspecified atom stereocenters. The number of amides is 1. The van der Waals surface area contributed by atoms with Crippen molar-refractivity contribution in [2.75, 3.05) is 37.5 Å². The average Bonchev–Trinajstić information content (AvgIpc) is 2.88. The first-order chi connectivity index (χ1) is 17.3. The van der Waals surface area contributed by atoms with E-state index < -0.39 is 11.7 Å². The third kappa shape index (κ3) is 6.33. The van der Waals surface area contributed by atoms with Crippen molar-refractivity contribution in [1.82, 2.24) is 24.8 Å². The quantitative estimate of drug-likeness (QED) is 0.384. The van der Waals surface area contributed by atoms with Crippen molar-refractivity contribution >= 4 is 17.5 Å². The third-order valence-corrected chi connectivity index (χ3v) is 6.19. The Morgan fingerprint density at radius 1 is 1.14 bits per heavy atom. The molecule has 3 aromatic heterocycles. The minimum Gasteiger partial charge on any atom is -0.363 e. The molecule has 3 heterocycles. The SMILES string of the molecule is CCCCc1cc(-c2ncccn2)c(C)nc1NCN(CC)C(=O)[C@H](C)c1cc(N(C)C)ncc1F. The van der Waals surface area contributed by atoms with Gasteiger partial charge in [0.1, 0.15) is 17.5 Å². The lowest BCUT2D eigenvalue weighted by atomic mass is 10.00. The first-order valence-corrected chi connectivity index (χ1v) is 12.4. The number of likely N-dealkylation sites (N-methyl/N-ethyl adjacent to an activating group) is 1. The second-order valence-corrected chi connectivity index (χ2v) is 9.01. The van der Waals surface area contributed by atoms with Gasteiger partial charge in [0.15, 0.2) is 5.82 Å². The number of rotatable bonds is 11. The summed E-state index contributed by atoms with van der Waals surface area (Å²) in [5.41, 5.74) is 3.09. The Hall–Kier alpha value is -3.62. The number of hydrogen-bond donors (Lipinski definition) is 1. The van der Waals surface area contributed by atoms with Crippen molar-refractivity contribution in [2.24, 2.45) is 0 Å². The average molecular weight is 494 g/mol. The van der Waals surface area contributed by atoms with Crippen LogP contribution >= 0.6 is 0 Å². The molecule has 0 aliphatic carbocycles. The number of nitrogens with zero attached hydrogens (tertiary/aromatic N) is 6. The summed E-state index contributed by atoms with van der Waals surface area (Å²) in [6.45, 7) is 8.45. The minimum atomic E-state index is -0.652. The standard InChI is InChI=1S/C27H36FN7O/c1-7-9-11-20-14-22(26-29-12-10-13-30-26)19(4)33-25(20)32-17-35(8-2)27(36)18(3)21-15-24(34(5)6)31-16-23(21)28/h10,12-16,18H,7-9,11,17H2,1-6H3,(H,32,33)/t18-/m1/s1. The van der Waals surface area contributed by atoms with Gasteiger partial charge in [-0.15, -0.1) is 0 Å². The van der Waals surface area contributed by atoms with Gasteiger partial charge in [0.25, 0.3) is 0 Å². The van der Waals surface area contributed by atoms with Crippen molar-refractivity contribution in [3.63, 3.8) is 0 Å². The van der Waals surface area contributed by atoms with Crippen LogP contribution in [0.2, 0.25) is 0 Å². The molecule has 0 bridgehead atoms. The molecule has 36 heavy (non-hydrogen) atoms. The van der Waals surface area contributed by atoms with Crippen molar-refractivity contribution in [3.05, 3.63) is 59.4 Å². The van der Waals surface area contributed by atoms with Gasteiger partial charge >= 0.3 is 0 Å². The molecule has 0 radical (unpaired) electrons. The number of halogens is 1. The van der Waals surface area contributed by atoms with Gasteiger partial charge in [-0.1, -0.05) is 13.3 Å². The fourth-order valence-corrected chi connectivity index (χ4v) is 3.96. The number of pyridine rings is 2. The van der Waals surface area contributed by atoms with Gasteiger partial charge in [-0.3, -0.25) is 4.79 Å². The van der Waals surface area contributed by atoms with Crippen molar-refractivity contribution in [3.8, 4) is 11.4 Å². The molecule has 1 N–H and O–H groups in total. The summed E-state index contributed by atoms with van der Waals surface area (Å²) < 4.78 is 14.6. The predicted octanol–water partition coefficient (Wildman–Crippen LogP) is 4.81. The normalized spacial score (nSPS) is 11.8. The van der Waals surface area contributed by atoms with Gasteiger partial charge in [-0.05, 0) is 57.4 Å². The molecule has 0 aliphatic heterocycles. The van der Waals surface area contributed by atoms with Gasteiger partial charge in [0, 0.05) is 44.2 Å². The lowest BCUT2D eigenvalue weighted by Crippen LogP contribution is -2.38. The van der Waals surface area contributed by atoms with Crippen LogP contribution in [0.1, 0.15) is 56.4 Å². The van der Waals surface area contributed by atoms with Crippen LogP contribution < -0.4 is 10.2 Å². The summed E-state index contributed by atoms with van der Waals surface area (Å²) in [5.74, 6) is 0.687. The molecule has 8 nitrogen and oxygen atoms in total. The van der Waals surface area contributed by atoms with Crippen molar-refractivity contribution in [1.29, 1.82) is 0 Å². The van der Waals surface area contributed by atoms with E-state index in [2.05, 4.69) is 33.3 Å². The predicted molar refractivity (Wildman–Crippen MR) is 141 cm³/mol. The smallest absolute Gasteiger partial charge is 0.231 e. The van der Waals surface area contributed by atoms with E-state index in [9.17, 15) is 9.18 Å². The van der Waals surface area contributed by atoms with Gasteiger partial charge in [-0.25, -0.2) is 24.3 Å². The largest absolute Gasteiger partial charge is 0.363 e. The Morgan fingerprint density at radius 3 is 2.50 bits per heavy atom. The molecule has 0 aromatic carbocycles. The highest BCUT2D eigenvalue weighted by atomic mass is 19.1. The highest BCUT2D eigenvalue weighted by molar-refractivity contribution is 5.83. The summed E-state index contributed by atoms with van der Waals surface area (Å²) in [7, 11) is 3.66. The van der Waals surface area contributed by atoms with Crippen LogP contribution in [0, 0.1) is 12.7 Å². The highest BCUT2D eigenvalue weighted by Gasteiger charge is 2.25. The van der Waals surface area contributed by atoms with E-state index >= 15 is 0 Å². The second kappa shape index (κ2) is 12.4. The summed E-state index contributed by atoms with van der Waals surface area (Å²) in [6.07, 6.45) is 7.52. The van der Waals surface area contributed by atoms with Crippen molar-refractivity contribution < 1.29 is 9.18 Å². The van der Waals surface area contributed by atoms with Crippen LogP contribution in [0.3, 0.4) is 0 Å². The molecule has 0 saturated heterocycles. The van der Waals surface area contributed by atoms with E-state index in [0.717, 1.165) is 41.9 Å². The Labute approximate surface area is 213 Å². The topological polar surface area (TPSA) is 87.1 Å². The van der Waals surface area contributed by atoms with E-state index in [4.69, 9.17) is 4.98 Å². The Kier molecular flexibility index (Phi) is 9.27. The van der Waals surface area contributed by atoms with E-state index in [1.165, 1.54) is 6.20 Å². The fraction of sp³-hybridized carbons (Fsp3) is 0.444. The molecular weight excluding hydrogens is 457 g/mol. The summed E-state index contributed by atoms with van der Waals surface area (Å²) >= 11 is 0. The molecule has 192 valence electrons. The van der Waals surface area contributed by atoms with E-state index in [0.29, 0.717) is 23.8 Å². The van der Waals surface area contributed by atoms with Gasteiger partial charge in [0.2, 0.25) is 5.91 Å². The molecule has 3 aromatic rings. The van der Waals surface area contributed by atoms with Crippen LogP contribution in [0.25, 0.3) is 11.4 Å². The monoisotopic (exact) mass is 493 g/mol. The molecular formula is C27H36FN7O. The fourth-order valence-electron chi connectivity index (χ4n) is 3.96. The molecule has 3 rings (SSSR count). The molecule has 0 saturated carbocycles. The lowest BCUT2D eigenvalue weighted by Gasteiger charge is -2.26. The van der Waals surface area contributed by atoms with Crippen LogP contribution in [0.15, 0.2) is 36.8 Å². The minimum absolute atomic E-state index is 0.166. The number of nitrogens with one attached hydrogen (secondary N) is 1. The van der Waals surface area contributed by atoms with Gasteiger partial charge in [-0.2, -0.15) is 0 Å². The summed E-state index contributed by atoms with van der Waals surface area (Å²) in [5, 5.41) is 3.36. The maximum atomic E-state index is 14.6. The Balaban J connectivity index is 1.82. The molecule has 0 spiro atoms. The molecule has 1 atom stereocenters. The highest BCUT2D eigenvalue weighted by Crippen LogP contribution is 2.27. The number of aromatic nitrogens is 4. The number of hydrogen-bond acceptors (Lipinski definition) is 7. The van der Waals surface area contributed by atoms with E-state index in [1.807, 2.05) is 27.9 Å².